The second-order valence-corrected chi connectivity index (χ2v) is 4.05. The molecule has 12 heavy (non-hydrogen) atoms. The van der Waals surface area contributed by atoms with Crippen molar-refractivity contribution < 1.29 is 0 Å². The van der Waals surface area contributed by atoms with Gasteiger partial charge in [-0.05, 0) is 39.4 Å². The van der Waals surface area contributed by atoms with Gasteiger partial charge >= 0.3 is 0 Å². The minimum atomic E-state index is 0.858. The van der Waals surface area contributed by atoms with Crippen molar-refractivity contribution in [2.24, 2.45) is 0 Å². The first kappa shape index (κ1) is 8.48. The van der Waals surface area contributed by atoms with Gasteiger partial charge in [0.25, 0.3) is 0 Å². The van der Waals surface area contributed by atoms with Crippen LogP contribution in [0.25, 0.3) is 0 Å². The number of nitrogens with one attached hydrogen (secondary N) is 1. The summed E-state index contributed by atoms with van der Waals surface area (Å²) in [5, 5.41) is 3.43. The first-order chi connectivity index (χ1) is 5.86. The summed E-state index contributed by atoms with van der Waals surface area (Å²) in [6.07, 6.45) is 4.11. The van der Waals surface area contributed by atoms with Gasteiger partial charge in [0, 0.05) is 12.7 Å². The summed E-state index contributed by atoms with van der Waals surface area (Å²) in [6, 6.07) is 0.858. The van der Waals surface area contributed by atoms with Crippen molar-refractivity contribution in [2.75, 3.05) is 33.5 Å². The highest BCUT2D eigenvalue weighted by atomic mass is 15.4. The van der Waals surface area contributed by atoms with Gasteiger partial charge in [-0.1, -0.05) is 0 Å². The molecule has 2 saturated heterocycles. The van der Waals surface area contributed by atoms with E-state index in [1.165, 1.54) is 32.4 Å². The summed E-state index contributed by atoms with van der Waals surface area (Å²) < 4.78 is 0. The van der Waals surface area contributed by atoms with E-state index in [4.69, 9.17) is 0 Å². The Morgan fingerprint density at radius 3 is 3.17 bits per heavy atom. The van der Waals surface area contributed by atoms with E-state index in [9.17, 15) is 0 Å². The smallest absolute Gasteiger partial charge is 0.0518 e. The van der Waals surface area contributed by atoms with Gasteiger partial charge in [-0.15, -0.1) is 0 Å². The lowest BCUT2D eigenvalue weighted by Gasteiger charge is -2.35. The fourth-order valence-corrected chi connectivity index (χ4v) is 2.27. The monoisotopic (exact) mass is 169 g/mol. The highest BCUT2D eigenvalue weighted by Crippen LogP contribution is 2.17. The van der Waals surface area contributed by atoms with Gasteiger partial charge in [0.1, 0.15) is 0 Å². The Hall–Kier alpha value is -0.120. The van der Waals surface area contributed by atoms with Crippen molar-refractivity contribution in [3.8, 4) is 0 Å². The van der Waals surface area contributed by atoms with Crippen LogP contribution in [0.15, 0.2) is 0 Å². The molecule has 0 spiro atoms. The van der Waals surface area contributed by atoms with Gasteiger partial charge in [-0.2, -0.15) is 0 Å². The van der Waals surface area contributed by atoms with Gasteiger partial charge in [-0.25, -0.2) is 0 Å². The van der Waals surface area contributed by atoms with Crippen molar-refractivity contribution in [2.45, 2.75) is 25.3 Å². The minimum absolute atomic E-state index is 0.858. The molecule has 2 aliphatic heterocycles. The fourth-order valence-electron chi connectivity index (χ4n) is 2.27. The molecule has 0 aromatic carbocycles. The van der Waals surface area contributed by atoms with Crippen molar-refractivity contribution in [1.82, 2.24) is 15.1 Å². The highest BCUT2D eigenvalue weighted by Gasteiger charge is 2.24. The molecule has 3 nitrogen and oxygen atoms in total. The van der Waals surface area contributed by atoms with Crippen LogP contribution in [0, 0.1) is 0 Å². The molecule has 1 N–H and O–H groups in total. The van der Waals surface area contributed by atoms with E-state index in [1.54, 1.807) is 0 Å². The van der Waals surface area contributed by atoms with Crippen LogP contribution in [0.5, 0.6) is 0 Å². The van der Waals surface area contributed by atoms with Crippen LogP contribution in [-0.4, -0.2) is 49.3 Å². The molecule has 2 fully saturated rings. The maximum absolute atomic E-state index is 3.43. The summed E-state index contributed by atoms with van der Waals surface area (Å²) in [7, 11) is 2.22. The van der Waals surface area contributed by atoms with Crippen molar-refractivity contribution in [1.29, 1.82) is 0 Å². The lowest BCUT2D eigenvalue weighted by Crippen LogP contribution is -2.50. The zero-order chi connectivity index (χ0) is 8.39. The molecule has 0 bridgehead atoms. The third-order valence-corrected chi connectivity index (χ3v) is 2.99. The van der Waals surface area contributed by atoms with E-state index < -0.39 is 0 Å². The Balaban J connectivity index is 1.96. The number of fused-ring (bicyclic) bond motifs is 1. The minimum Gasteiger partial charge on any atom is -0.304 e. The van der Waals surface area contributed by atoms with Crippen molar-refractivity contribution >= 4 is 0 Å². The van der Waals surface area contributed by atoms with Crippen LogP contribution >= 0.6 is 0 Å². The third kappa shape index (κ3) is 1.79. The Kier molecular flexibility index (Phi) is 2.63. The Morgan fingerprint density at radius 1 is 1.33 bits per heavy atom. The van der Waals surface area contributed by atoms with Crippen LogP contribution in [0.3, 0.4) is 0 Å². The van der Waals surface area contributed by atoms with E-state index in [0.29, 0.717) is 0 Å². The van der Waals surface area contributed by atoms with E-state index in [0.717, 1.165) is 19.4 Å². The Morgan fingerprint density at radius 2 is 2.25 bits per heavy atom. The van der Waals surface area contributed by atoms with Crippen molar-refractivity contribution in [3.63, 3.8) is 0 Å². The lowest BCUT2D eigenvalue weighted by atomic mass is 10.1. The zero-order valence-electron chi connectivity index (χ0n) is 7.92. The fraction of sp³-hybridized carbons (Fsp3) is 1.00. The van der Waals surface area contributed by atoms with Gasteiger partial charge in [0.2, 0.25) is 0 Å². The topological polar surface area (TPSA) is 18.5 Å². The molecule has 0 amide bonds. The van der Waals surface area contributed by atoms with Crippen LogP contribution in [-0.2, 0) is 0 Å². The van der Waals surface area contributed by atoms with Gasteiger partial charge < -0.3 is 5.32 Å². The van der Waals surface area contributed by atoms with Gasteiger partial charge in [0.05, 0.1) is 6.67 Å². The molecule has 0 aromatic heterocycles. The number of hydrogen-bond acceptors (Lipinski definition) is 3. The molecule has 0 aliphatic carbocycles. The number of hydrogen-bond donors (Lipinski definition) is 1. The summed E-state index contributed by atoms with van der Waals surface area (Å²) in [6.45, 7) is 4.73. The van der Waals surface area contributed by atoms with E-state index >= 15 is 0 Å². The first-order valence-corrected chi connectivity index (χ1v) is 4.99. The first-order valence-electron chi connectivity index (χ1n) is 4.99. The quantitative estimate of drug-likeness (QED) is 0.562. The lowest BCUT2D eigenvalue weighted by molar-refractivity contribution is 0.0939. The SMILES string of the molecule is CN1CCCC2CCNCN2C1. The molecule has 1 atom stereocenters. The van der Waals surface area contributed by atoms with Crippen LogP contribution in [0.4, 0.5) is 0 Å². The van der Waals surface area contributed by atoms with E-state index in [-0.39, 0.29) is 0 Å². The van der Waals surface area contributed by atoms with Gasteiger partial charge in [-0.3, -0.25) is 9.80 Å². The van der Waals surface area contributed by atoms with Crippen LogP contribution in [0.1, 0.15) is 19.3 Å². The average Bonchev–Trinajstić information content (AvgIpc) is 2.25. The molecule has 70 valence electrons. The number of rotatable bonds is 0. The maximum atomic E-state index is 3.43. The predicted octanol–water partition coefficient (Wildman–Crippen LogP) is 0.291. The molecule has 2 aliphatic rings. The van der Waals surface area contributed by atoms with Gasteiger partial charge in [0.15, 0.2) is 0 Å². The van der Waals surface area contributed by atoms with Crippen molar-refractivity contribution in [3.05, 3.63) is 0 Å². The summed E-state index contributed by atoms with van der Waals surface area (Å²) in [5.74, 6) is 0. The molecule has 2 rings (SSSR count). The van der Waals surface area contributed by atoms with E-state index in [1.807, 2.05) is 0 Å². The molecule has 0 radical (unpaired) electrons. The standard InChI is InChI=1S/C9H19N3/c1-11-6-2-3-9-4-5-10-7-12(9)8-11/h9-10H,2-8H2,1H3. The summed E-state index contributed by atoms with van der Waals surface area (Å²) in [5.41, 5.74) is 0. The molecule has 0 saturated carbocycles. The zero-order valence-corrected chi connectivity index (χ0v) is 7.92. The normalized spacial score (nSPS) is 34.2. The number of nitrogens with zero attached hydrogens (tertiary/aromatic N) is 2. The van der Waals surface area contributed by atoms with Crippen LogP contribution in [0.2, 0.25) is 0 Å². The molecular weight excluding hydrogens is 150 g/mol. The summed E-state index contributed by atoms with van der Waals surface area (Å²) in [4.78, 5) is 4.99. The Labute approximate surface area is 74.7 Å². The van der Waals surface area contributed by atoms with Crippen LogP contribution < -0.4 is 5.32 Å². The maximum Gasteiger partial charge on any atom is 0.0518 e. The average molecular weight is 169 g/mol. The molecule has 3 heteroatoms. The largest absolute Gasteiger partial charge is 0.304 e. The second kappa shape index (κ2) is 3.73. The Bertz CT molecular complexity index is 149. The molecular formula is C9H19N3. The molecule has 1 unspecified atom stereocenters. The summed E-state index contributed by atoms with van der Waals surface area (Å²) >= 11 is 0. The molecule has 0 aromatic rings. The highest BCUT2D eigenvalue weighted by molar-refractivity contribution is 4.79. The van der Waals surface area contributed by atoms with E-state index in [2.05, 4.69) is 22.2 Å². The second-order valence-electron chi connectivity index (χ2n) is 4.05. The third-order valence-electron chi connectivity index (χ3n) is 2.99. The molecule has 2 heterocycles. The predicted molar refractivity (Wildman–Crippen MR) is 49.8 cm³/mol.